The molecule has 2 saturated carbocycles. The number of carbonyl (C=O) groups excluding carboxylic acids is 1. The van der Waals surface area contributed by atoms with Crippen LogP contribution in [0.3, 0.4) is 0 Å². The third-order valence-corrected chi connectivity index (χ3v) is 10.4. The molecular weight excluding hydrogens is 488 g/mol. The van der Waals surface area contributed by atoms with Crippen LogP contribution in [0.2, 0.25) is 0 Å². The van der Waals surface area contributed by atoms with Gasteiger partial charge in [0.25, 0.3) is 0 Å². The first kappa shape index (κ1) is 25.0. The minimum atomic E-state index is -0.624. The van der Waals surface area contributed by atoms with Crippen molar-refractivity contribution in [3.05, 3.63) is 71.8 Å². The van der Waals surface area contributed by atoms with Crippen LogP contribution >= 0.6 is 10.5 Å². The van der Waals surface area contributed by atoms with E-state index >= 15 is 0 Å². The second-order valence-corrected chi connectivity index (χ2v) is 12.9. The smallest absolute Gasteiger partial charge is 0.345 e. The van der Waals surface area contributed by atoms with Crippen LogP contribution in [-0.4, -0.2) is 18.2 Å². The summed E-state index contributed by atoms with van der Waals surface area (Å²) in [6.45, 7) is 4.05. The Morgan fingerprint density at radius 2 is 1.47 bits per heavy atom. The van der Waals surface area contributed by atoms with Crippen LogP contribution < -0.4 is 4.74 Å². The monoisotopic (exact) mass is 523 g/mol. The Morgan fingerprint density at radius 1 is 0.895 bits per heavy atom. The molecule has 0 bridgehead atoms. The van der Waals surface area contributed by atoms with Crippen molar-refractivity contribution < 1.29 is 14.3 Å². The zero-order valence-electron chi connectivity index (χ0n) is 22.3. The van der Waals surface area contributed by atoms with Gasteiger partial charge in [-0.2, -0.15) is 0 Å². The fourth-order valence-corrected chi connectivity index (χ4v) is 8.80. The predicted molar refractivity (Wildman–Crippen MR) is 157 cm³/mol. The molecule has 0 saturated heterocycles. The number of hydrogen-bond donors (Lipinski definition) is 0. The summed E-state index contributed by atoms with van der Waals surface area (Å²) in [5.41, 5.74) is 1.46. The van der Waals surface area contributed by atoms with E-state index in [0.717, 1.165) is 42.6 Å². The van der Waals surface area contributed by atoms with E-state index in [1.165, 1.54) is 50.8 Å². The molecule has 194 valence electrons. The Labute approximate surface area is 228 Å². The van der Waals surface area contributed by atoms with Gasteiger partial charge in [0.1, 0.15) is 5.75 Å². The summed E-state index contributed by atoms with van der Waals surface area (Å²) in [5.74, 6) is 7.75. The average molecular weight is 524 g/mol. The molecule has 1 heterocycles. The fraction of sp³-hybridized carbons (Fsp3) is 0.382. The summed E-state index contributed by atoms with van der Waals surface area (Å²) >= 11 is 0. The van der Waals surface area contributed by atoms with E-state index < -0.39 is 5.60 Å². The largest absolute Gasteiger partial charge is 0.481 e. The van der Waals surface area contributed by atoms with Crippen molar-refractivity contribution in [3.63, 3.8) is 0 Å². The fourth-order valence-electron chi connectivity index (χ4n) is 6.24. The lowest BCUT2D eigenvalue weighted by Gasteiger charge is -2.23. The first-order valence-electron chi connectivity index (χ1n) is 13.9. The van der Waals surface area contributed by atoms with Gasteiger partial charge in [-0.25, -0.2) is 4.79 Å². The van der Waals surface area contributed by atoms with Crippen LogP contribution in [0.5, 0.6) is 5.75 Å². The molecule has 0 amide bonds. The maximum atomic E-state index is 12.9. The molecule has 6 rings (SSSR count). The molecule has 4 heteroatoms. The van der Waals surface area contributed by atoms with E-state index in [4.69, 9.17) is 9.47 Å². The number of carbonyl (C=O) groups is 1. The molecule has 0 atom stereocenters. The zero-order valence-corrected chi connectivity index (χ0v) is 23.2. The normalized spacial score (nSPS) is 17.0. The molecule has 0 N–H and O–H groups in total. The van der Waals surface area contributed by atoms with Gasteiger partial charge in [0.2, 0.25) is 0 Å². The van der Waals surface area contributed by atoms with Crippen LogP contribution in [-0.2, 0) is 9.53 Å². The highest BCUT2D eigenvalue weighted by molar-refractivity contribution is 7.50. The molecule has 3 aromatic carbocycles. The van der Waals surface area contributed by atoms with Crippen molar-refractivity contribution in [2.45, 2.75) is 70.8 Å². The third kappa shape index (κ3) is 4.81. The molecule has 2 aliphatic carbocycles. The van der Waals surface area contributed by atoms with Crippen molar-refractivity contribution in [3.8, 4) is 22.5 Å². The molecule has 1 aromatic heterocycles. The minimum absolute atomic E-state index is 0.0920. The van der Waals surface area contributed by atoms with E-state index in [9.17, 15) is 4.79 Å². The molecule has 38 heavy (non-hydrogen) atoms. The van der Waals surface area contributed by atoms with Gasteiger partial charge in [-0.15, -0.1) is 0 Å². The maximum absolute atomic E-state index is 12.9. The molecule has 0 unspecified atom stereocenters. The van der Waals surface area contributed by atoms with Crippen LogP contribution in [0.15, 0.2) is 60.7 Å². The van der Waals surface area contributed by atoms with Gasteiger partial charge >= 0.3 is 5.97 Å². The second-order valence-electron chi connectivity index (χ2n) is 10.9. The van der Waals surface area contributed by atoms with Gasteiger partial charge in [0, 0.05) is 39.3 Å². The molecular formula is C34H35O3S+. The van der Waals surface area contributed by atoms with Crippen LogP contribution in [0, 0.1) is 31.6 Å². The third-order valence-electron chi connectivity index (χ3n) is 8.09. The molecule has 4 aromatic rings. The number of esters is 1. The summed E-state index contributed by atoms with van der Waals surface area (Å²) in [7, 11) is -0.157. The molecule has 0 radical (unpaired) electrons. The van der Waals surface area contributed by atoms with Gasteiger partial charge < -0.3 is 9.47 Å². The van der Waals surface area contributed by atoms with Crippen molar-refractivity contribution in [2.24, 2.45) is 5.92 Å². The summed E-state index contributed by atoms with van der Waals surface area (Å²) < 4.78 is 14.8. The Morgan fingerprint density at radius 3 is 2.08 bits per heavy atom. The highest BCUT2D eigenvalue weighted by atomic mass is 32.2. The Hall–Kier alpha value is -3.29. The zero-order chi connectivity index (χ0) is 26.1. The molecule has 3 nitrogen and oxygen atoms in total. The van der Waals surface area contributed by atoms with Gasteiger partial charge in [-0.05, 0) is 87.8 Å². The number of thiophene rings is 1. The topological polar surface area (TPSA) is 35.5 Å². The number of aryl methyl sites for hydroxylation is 2. The molecule has 2 aliphatic rings. The minimum Gasteiger partial charge on any atom is -0.481 e. The van der Waals surface area contributed by atoms with Gasteiger partial charge in [0.05, 0.1) is 0 Å². The van der Waals surface area contributed by atoms with Crippen molar-refractivity contribution >= 4 is 36.6 Å². The number of ether oxygens (including phenoxy) is 2. The summed E-state index contributed by atoms with van der Waals surface area (Å²) in [5, 5.41) is 2.64. The lowest BCUT2D eigenvalue weighted by atomic mass is 10.0. The lowest BCUT2D eigenvalue weighted by molar-refractivity contribution is -0.156. The number of benzene rings is 3. The van der Waals surface area contributed by atoms with Crippen LogP contribution in [0.1, 0.15) is 62.5 Å². The van der Waals surface area contributed by atoms with Gasteiger partial charge in [-0.3, -0.25) is 0 Å². The Balaban J connectivity index is 1.22. The van der Waals surface area contributed by atoms with E-state index in [-0.39, 0.29) is 23.0 Å². The predicted octanol–water partition coefficient (Wildman–Crippen LogP) is 8.78. The van der Waals surface area contributed by atoms with Gasteiger partial charge in [0.15, 0.2) is 26.5 Å². The van der Waals surface area contributed by atoms with E-state index in [0.29, 0.717) is 5.92 Å². The first-order valence-corrected chi connectivity index (χ1v) is 15.2. The number of rotatable bonds is 5. The molecule has 0 spiro atoms. The number of hydrogen-bond acceptors (Lipinski definition) is 3. The summed E-state index contributed by atoms with van der Waals surface area (Å²) in [4.78, 5) is 14.2. The van der Waals surface area contributed by atoms with E-state index in [1.807, 2.05) is 0 Å². The van der Waals surface area contributed by atoms with Crippen LogP contribution in [0.25, 0.3) is 25.1 Å². The van der Waals surface area contributed by atoms with Crippen molar-refractivity contribution in [1.82, 2.24) is 0 Å². The molecule has 0 aliphatic heterocycles. The summed E-state index contributed by atoms with van der Waals surface area (Å²) in [6, 6.07) is 21.9. The van der Waals surface area contributed by atoms with Crippen LogP contribution in [0.4, 0.5) is 0 Å². The Kier molecular flexibility index (Phi) is 6.89. The molecule has 2 fully saturated rings. The standard InChI is InChI=1S/C34H35O3S/c1-24-21-27(38-30-15-7-5-13-28(30)29-14-6-8-16-31(29)38)22-25(2)33(24)36-23-32(35)37-34(18-9-10-19-34)20-17-26-11-3-4-12-26/h5-8,13-16,21-22,26H,3-4,9-12,18-19,23H2,1-2H3/q+1. The second kappa shape index (κ2) is 10.5. The quantitative estimate of drug-likeness (QED) is 0.149. The highest BCUT2D eigenvalue weighted by Gasteiger charge is 2.36. The highest BCUT2D eigenvalue weighted by Crippen LogP contribution is 2.49. The Bertz CT molecular complexity index is 1480. The van der Waals surface area contributed by atoms with Crippen molar-refractivity contribution in [2.75, 3.05) is 6.61 Å². The number of fused-ring (bicyclic) bond motifs is 3. The SMILES string of the molecule is Cc1cc(-[s+]2c3ccccc3c3ccccc32)cc(C)c1OCC(=O)OC1(C#CC2CCCC2)CCCC1. The average Bonchev–Trinajstić information content (AvgIpc) is 3.66. The first-order chi connectivity index (χ1) is 18.5. The van der Waals surface area contributed by atoms with Gasteiger partial charge in [-0.1, -0.05) is 48.9 Å². The van der Waals surface area contributed by atoms with E-state index in [2.05, 4.69) is 86.4 Å². The van der Waals surface area contributed by atoms with E-state index in [1.54, 1.807) is 0 Å². The lowest BCUT2D eigenvalue weighted by Crippen LogP contribution is -2.33. The van der Waals surface area contributed by atoms with Crippen molar-refractivity contribution in [1.29, 1.82) is 0 Å². The summed E-state index contributed by atoms with van der Waals surface area (Å²) in [6.07, 6.45) is 8.64. The maximum Gasteiger partial charge on any atom is 0.345 e.